The van der Waals surface area contributed by atoms with Gasteiger partial charge in [0.15, 0.2) is 5.96 Å². The molecule has 168 valence electrons. The number of guanidine groups is 2. The van der Waals surface area contributed by atoms with E-state index in [2.05, 4.69) is 27.9 Å². The summed E-state index contributed by atoms with van der Waals surface area (Å²) in [4.78, 5) is 18.3. The molecule has 1 aromatic carbocycles. The monoisotopic (exact) mass is 417 g/mol. The molecule has 7 nitrogen and oxygen atoms in total. The number of unbranched alkanes of at least 4 members (excludes halogenated alkanes) is 7. The highest BCUT2D eigenvalue weighted by Gasteiger charge is 2.24. The normalized spacial score (nSPS) is 15.9. The zero-order chi connectivity index (χ0) is 22.2. The number of rotatable bonds is 10. The Bertz CT molecular complexity index is 667. The molecule has 4 N–H and O–H groups in total. The molecule has 0 saturated carbocycles. The minimum atomic E-state index is -0.833. The summed E-state index contributed by atoms with van der Waals surface area (Å²) in [7, 11) is 0. The first-order chi connectivity index (χ1) is 14.3. The third-order valence-corrected chi connectivity index (χ3v) is 4.37. The van der Waals surface area contributed by atoms with Gasteiger partial charge >= 0.3 is 0 Å². The van der Waals surface area contributed by atoms with Crippen molar-refractivity contribution in [3.05, 3.63) is 30.3 Å². The molecule has 0 atom stereocenters. The molecular weight excluding hydrogens is 378 g/mol. The lowest BCUT2D eigenvalue weighted by Gasteiger charge is -2.31. The number of aliphatic imine (C=N–C) groups is 2. The molecule has 0 saturated heterocycles. The number of nitrogens with zero attached hydrogens (tertiary/aromatic N) is 2. The van der Waals surface area contributed by atoms with Crippen LogP contribution in [0, 0.1) is 0 Å². The number of nitrogens with one attached hydrogen (secondary N) is 3. The van der Waals surface area contributed by atoms with Gasteiger partial charge in [0.1, 0.15) is 5.66 Å². The molecule has 0 fully saturated rings. The van der Waals surface area contributed by atoms with E-state index >= 15 is 0 Å². The summed E-state index contributed by atoms with van der Waals surface area (Å²) in [5.74, 6) is 0.695. The Labute approximate surface area is 181 Å². The number of carboxylic acids is 1. The first kappa shape index (κ1) is 25.5. The van der Waals surface area contributed by atoms with Crippen LogP contribution in [-0.2, 0) is 4.79 Å². The minimum Gasteiger partial charge on any atom is -0.481 e. The van der Waals surface area contributed by atoms with Crippen molar-refractivity contribution in [2.45, 2.75) is 84.7 Å². The van der Waals surface area contributed by atoms with Crippen molar-refractivity contribution in [3.63, 3.8) is 0 Å². The Balaban J connectivity index is 0.00000103. The van der Waals surface area contributed by atoms with Gasteiger partial charge in [-0.15, -0.1) is 0 Å². The fraction of sp³-hybridized carbons (Fsp3) is 0.609. The second kappa shape index (κ2) is 14.4. The molecule has 0 unspecified atom stereocenters. The zero-order valence-corrected chi connectivity index (χ0v) is 19.0. The summed E-state index contributed by atoms with van der Waals surface area (Å²) in [5, 5.41) is 17.3. The highest BCUT2D eigenvalue weighted by Crippen LogP contribution is 2.11. The van der Waals surface area contributed by atoms with Gasteiger partial charge in [0.05, 0.1) is 0 Å². The van der Waals surface area contributed by atoms with Crippen LogP contribution in [0.15, 0.2) is 40.3 Å². The number of aliphatic carboxylic acids is 1. The molecule has 0 amide bonds. The summed E-state index contributed by atoms with van der Waals surface area (Å²) in [6.07, 6.45) is 10.5. The number of benzene rings is 1. The van der Waals surface area contributed by atoms with Crippen molar-refractivity contribution in [2.24, 2.45) is 9.98 Å². The Morgan fingerprint density at radius 1 is 1.07 bits per heavy atom. The van der Waals surface area contributed by atoms with Gasteiger partial charge < -0.3 is 15.7 Å². The van der Waals surface area contributed by atoms with Gasteiger partial charge in [0, 0.05) is 19.2 Å². The van der Waals surface area contributed by atoms with Crippen molar-refractivity contribution >= 4 is 23.6 Å². The topological polar surface area (TPSA) is 98.1 Å². The Morgan fingerprint density at radius 2 is 1.63 bits per heavy atom. The largest absolute Gasteiger partial charge is 0.481 e. The average Bonchev–Trinajstić information content (AvgIpc) is 2.66. The third-order valence-electron chi connectivity index (χ3n) is 4.37. The molecule has 0 spiro atoms. The number of anilines is 1. The highest BCUT2D eigenvalue weighted by molar-refractivity contribution is 6.07. The first-order valence-electron chi connectivity index (χ1n) is 11.0. The summed E-state index contributed by atoms with van der Waals surface area (Å²) in [5.41, 5.74) is 0.638. The van der Waals surface area contributed by atoms with Crippen LogP contribution in [-0.4, -0.2) is 35.2 Å². The van der Waals surface area contributed by atoms with Crippen LogP contribution in [0.5, 0.6) is 0 Å². The molecule has 0 aliphatic carbocycles. The van der Waals surface area contributed by atoms with E-state index in [0.717, 1.165) is 37.5 Å². The van der Waals surface area contributed by atoms with Crippen molar-refractivity contribution in [2.75, 3.05) is 11.9 Å². The molecule has 1 aliphatic rings. The van der Waals surface area contributed by atoms with Gasteiger partial charge in [-0.25, -0.2) is 4.99 Å². The van der Waals surface area contributed by atoms with Crippen LogP contribution in [0.4, 0.5) is 5.69 Å². The van der Waals surface area contributed by atoms with Gasteiger partial charge in [-0.05, 0) is 32.4 Å². The van der Waals surface area contributed by atoms with E-state index in [1.807, 2.05) is 44.2 Å². The maximum Gasteiger partial charge on any atom is 0.300 e. The van der Waals surface area contributed by atoms with Gasteiger partial charge in [0.25, 0.3) is 5.97 Å². The van der Waals surface area contributed by atoms with Gasteiger partial charge in [-0.3, -0.25) is 15.1 Å². The minimum absolute atomic E-state index is 0.375. The van der Waals surface area contributed by atoms with E-state index in [9.17, 15) is 0 Å². The lowest BCUT2D eigenvalue weighted by molar-refractivity contribution is -0.134. The molecule has 1 heterocycles. The van der Waals surface area contributed by atoms with E-state index < -0.39 is 5.97 Å². The van der Waals surface area contributed by atoms with Crippen molar-refractivity contribution < 1.29 is 9.90 Å². The predicted molar refractivity (Wildman–Crippen MR) is 126 cm³/mol. The maximum atomic E-state index is 9.00. The maximum absolute atomic E-state index is 9.00. The Kier molecular flexibility index (Phi) is 12.2. The molecule has 7 heteroatoms. The number of carboxylic acid groups (broad SMARTS) is 1. The smallest absolute Gasteiger partial charge is 0.300 e. The van der Waals surface area contributed by atoms with Crippen molar-refractivity contribution in [1.29, 1.82) is 0 Å². The summed E-state index contributed by atoms with van der Waals surface area (Å²) >= 11 is 0. The van der Waals surface area contributed by atoms with Crippen LogP contribution in [0.3, 0.4) is 0 Å². The van der Waals surface area contributed by atoms with Crippen LogP contribution >= 0.6 is 0 Å². The van der Waals surface area contributed by atoms with Crippen LogP contribution < -0.4 is 16.0 Å². The number of hydrogen-bond donors (Lipinski definition) is 4. The Hall–Kier alpha value is -2.57. The molecule has 0 bridgehead atoms. The fourth-order valence-electron chi connectivity index (χ4n) is 3.00. The molecule has 1 aliphatic heterocycles. The van der Waals surface area contributed by atoms with E-state index in [-0.39, 0.29) is 5.66 Å². The SMILES string of the molecule is CC(=O)O.CCCCCCCCCCN=C1NC(Nc2ccccc2)=NC(C)(C)N1. The van der Waals surface area contributed by atoms with E-state index in [1.165, 1.54) is 44.9 Å². The zero-order valence-electron chi connectivity index (χ0n) is 19.0. The molecular formula is C23H39N5O2. The molecule has 0 aromatic heterocycles. The van der Waals surface area contributed by atoms with Gasteiger partial charge in [-0.2, -0.15) is 0 Å². The van der Waals surface area contributed by atoms with Crippen LogP contribution in [0.1, 0.15) is 79.1 Å². The lowest BCUT2D eigenvalue weighted by Crippen LogP contribution is -2.57. The second-order valence-electron chi connectivity index (χ2n) is 7.98. The molecule has 2 rings (SSSR count). The van der Waals surface area contributed by atoms with Gasteiger partial charge in [-0.1, -0.05) is 70.1 Å². The van der Waals surface area contributed by atoms with Crippen molar-refractivity contribution in [1.82, 2.24) is 10.6 Å². The molecule has 0 radical (unpaired) electrons. The summed E-state index contributed by atoms with van der Waals surface area (Å²) in [6, 6.07) is 10.1. The summed E-state index contributed by atoms with van der Waals surface area (Å²) in [6.45, 7) is 8.29. The fourth-order valence-corrected chi connectivity index (χ4v) is 3.00. The lowest BCUT2D eigenvalue weighted by atomic mass is 10.1. The van der Waals surface area contributed by atoms with E-state index in [1.54, 1.807) is 0 Å². The van der Waals surface area contributed by atoms with Crippen LogP contribution in [0.2, 0.25) is 0 Å². The Morgan fingerprint density at radius 3 is 2.23 bits per heavy atom. The quantitative estimate of drug-likeness (QED) is 0.403. The second-order valence-corrected chi connectivity index (χ2v) is 7.98. The highest BCUT2D eigenvalue weighted by atomic mass is 16.4. The summed E-state index contributed by atoms with van der Waals surface area (Å²) < 4.78 is 0. The molecule has 30 heavy (non-hydrogen) atoms. The number of para-hydroxylation sites is 1. The average molecular weight is 418 g/mol. The first-order valence-corrected chi connectivity index (χ1v) is 11.0. The van der Waals surface area contributed by atoms with Crippen molar-refractivity contribution in [3.8, 4) is 0 Å². The van der Waals surface area contributed by atoms with E-state index in [4.69, 9.17) is 14.9 Å². The predicted octanol–water partition coefficient (Wildman–Crippen LogP) is 4.97. The molecule has 1 aromatic rings. The third kappa shape index (κ3) is 12.8. The van der Waals surface area contributed by atoms with E-state index in [0.29, 0.717) is 0 Å². The van der Waals surface area contributed by atoms with Crippen LogP contribution in [0.25, 0.3) is 0 Å². The number of carbonyl (C=O) groups is 1. The van der Waals surface area contributed by atoms with Gasteiger partial charge in [0.2, 0.25) is 5.96 Å². The number of hydrogen-bond acceptors (Lipinski definition) is 4. The standard InChI is InChI=1S/C21H35N5.C2H4O2/c1-4-5-6-7-8-9-10-14-17-22-19-24-20(26-21(2,3)25-19)23-18-15-12-11-13-16-18;1-2(3)4/h11-13,15-16H,4-10,14,17H2,1-3H3,(H3,22,23,24,25,26);1H3,(H,3,4).